The van der Waals surface area contributed by atoms with Crippen LogP contribution in [0.15, 0.2) is 67.4 Å². The molecule has 0 aliphatic heterocycles. The summed E-state index contributed by atoms with van der Waals surface area (Å²) < 4.78 is 41.2. The summed E-state index contributed by atoms with van der Waals surface area (Å²) in [5.41, 5.74) is 4.44. The van der Waals surface area contributed by atoms with Crippen LogP contribution < -0.4 is 14.8 Å². The molecule has 0 fully saturated rings. The number of benzene rings is 2. The van der Waals surface area contributed by atoms with Crippen molar-refractivity contribution >= 4 is 10.9 Å². The van der Waals surface area contributed by atoms with Crippen molar-refractivity contribution in [2.75, 3.05) is 7.11 Å². The van der Waals surface area contributed by atoms with E-state index < -0.39 is 11.6 Å². The van der Waals surface area contributed by atoms with E-state index in [4.69, 9.17) is 9.47 Å². The van der Waals surface area contributed by atoms with Gasteiger partial charge in [0.1, 0.15) is 17.1 Å². The van der Waals surface area contributed by atoms with Gasteiger partial charge in [-0.3, -0.25) is 0 Å². The van der Waals surface area contributed by atoms with Gasteiger partial charge in [0.05, 0.1) is 13.4 Å². The standard InChI is InChI=1S/C26H23F2N5O2/c1-33-14-21(19-7-8-31-26(34-2)25(19)33)20-9-16(11-29-12-18-13-30-15-32-18)3-5-23(20)35-24-6-4-17(27)10-22(24)28/h3-10,13-15,29H,11-12H2,1-2H3,(H,30,32). The Morgan fingerprint density at radius 2 is 1.89 bits per heavy atom. The van der Waals surface area contributed by atoms with Gasteiger partial charge >= 0.3 is 0 Å². The van der Waals surface area contributed by atoms with Gasteiger partial charge in [-0.25, -0.2) is 18.7 Å². The Morgan fingerprint density at radius 3 is 2.66 bits per heavy atom. The van der Waals surface area contributed by atoms with Gasteiger partial charge in [0.25, 0.3) is 0 Å². The van der Waals surface area contributed by atoms with E-state index in [1.54, 1.807) is 31.9 Å². The highest BCUT2D eigenvalue weighted by Crippen LogP contribution is 2.40. The number of ether oxygens (including phenoxy) is 2. The molecule has 0 spiro atoms. The van der Waals surface area contributed by atoms with Crippen molar-refractivity contribution in [2.45, 2.75) is 13.1 Å². The largest absolute Gasteiger partial charge is 0.479 e. The number of halogens is 2. The fourth-order valence-electron chi connectivity index (χ4n) is 4.07. The number of fused-ring (bicyclic) bond motifs is 1. The van der Waals surface area contributed by atoms with Crippen molar-refractivity contribution in [1.29, 1.82) is 0 Å². The maximum absolute atomic E-state index is 14.4. The number of aromatic amines is 1. The smallest absolute Gasteiger partial charge is 0.238 e. The molecule has 0 unspecified atom stereocenters. The Bertz CT molecular complexity index is 1480. The van der Waals surface area contributed by atoms with E-state index in [-0.39, 0.29) is 5.75 Å². The molecule has 0 amide bonds. The van der Waals surface area contributed by atoms with Crippen molar-refractivity contribution in [1.82, 2.24) is 24.8 Å². The number of rotatable bonds is 8. The third-order valence-corrected chi connectivity index (χ3v) is 5.70. The second kappa shape index (κ2) is 9.55. The Balaban J connectivity index is 1.56. The Morgan fingerprint density at radius 1 is 1.03 bits per heavy atom. The Hall–Kier alpha value is -4.24. The van der Waals surface area contributed by atoms with Crippen LogP contribution in [-0.4, -0.2) is 26.6 Å². The SMILES string of the molecule is COc1nccc2c(-c3cc(CNCc4cnc[nH]4)ccc3Oc3ccc(F)cc3F)cn(C)c12. The van der Waals surface area contributed by atoms with E-state index >= 15 is 0 Å². The number of H-pyrrole nitrogens is 1. The quantitative estimate of drug-likeness (QED) is 0.317. The molecule has 0 aliphatic carbocycles. The lowest BCUT2D eigenvalue weighted by Crippen LogP contribution is -2.13. The number of hydrogen-bond acceptors (Lipinski definition) is 5. The molecule has 0 bridgehead atoms. The minimum Gasteiger partial charge on any atom is -0.479 e. The highest BCUT2D eigenvalue weighted by Gasteiger charge is 2.18. The van der Waals surface area contributed by atoms with E-state index in [1.165, 1.54) is 12.1 Å². The third-order valence-electron chi connectivity index (χ3n) is 5.70. The molecule has 2 N–H and O–H groups in total. The Kier molecular flexibility index (Phi) is 6.15. The molecule has 35 heavy (non-hydrogen) atoms. The van der Waals surface area contributed by atoms with Crippen LogP contribution in [0.25, 0.3) is 22.0 Å². The Labute approximate surface area is 200 Å². The van der Waals surface area contributed by atoms with Crippen molar-refractivity contribution in [3.8, 4) is 28.5 Å². The number of nitrogens with zero attached hydrogens (tertiary/aromatic N) is 3. The second-order valence-electron chi connectivity index (χ2n) is 8.06. The number of imidazole rings is 1. The van der Waals surface area contributed by atoms with E-state index in [0.29, 0.717) is 24.7 Å². The maximum atomic E-state index is 14.4. The molecule has 3 aromatic heterocycles. The van der Waals surface area contributed by atoms with Crippen LogP contribution in [-0.2, 0) is 20.1 Å². The first kappa shape index (κ1) is 22.5. The average Bonchev–Trinajstić information content (AvgIpc) is 3.49. The first-order valence-corrected chi connectivity index (χ1v) is 11.0. The van der Waals surface area contributed by atoms with E-state index in [2.05, 4.69) is 20.3 Å². The number of methoxy groups -OCH3 is 1. The number of aromatic nitrogens is 4. The van der Waals surface area contributed by atoms with Gasteiger partial charge in [-0.05, 0) is 35.9 Å². The molecule has 0 saturated carbocycles. The summed E-state index contributed by atoms with van der Waals surface area (Å²) in [6, 6.07) is 10.9. The summed E-state index contributed by atoms with van der Waals surface area (Å²) in [6.07, 6.45) is 7.05. The summed E-state index contributed by atoms with van der Waals surface area (Å²) in [5.74, 6) is -0.554. The summed E-state index contributed by atoms with van der Waals surface area (Å²) in [4.78, 5) is 11.4. The van der Waals surface area contributed by atoms with Crippen LogP contribution in [0.1, 0.15) is 11.3 Å². The predicted octanol–water partition coefficient (Wildman–Crippen LogP) is 5.33. The number of nitrogens with one attached hydrogen (secondary N) is 2. The molecule has 0 saturated heterocycles. The fourth-order valence-corrected chi connectivity index (χ4v) is 4.07. The van der Waals surface area contributed by atoms with Gasteiger partial charge in [0, 0.05) is 67.0 Å². The van der Waals surface area contributed by atoms with Crippen LogP contribution in [0.5, 0.6) is 17.4 Å². The molecule has 5 rings (SSSR count). The normalized spacial score (nSPS) is 11.2. The third kappa shape index (κ3) is 4.58. The highest BCUT2D eigenvalue weighted by molar-refractivity contribution is 5.99. The second-order valence-corrected chi connectivity index (χ2v) is 8.06. The summed E-state index contributed by atoms with van der Waals surface area (Å²) >= 11 is 0. The molecule has 5 aromatic rings. The topological polar surface area (TPSA) is 77.0 Å². The molecule has 3 heterocycles. The monoisotopic (exact) mass is 475 g/mol. The maximum Gasteiger partial charge on any atom is 0.238 e. The average molecular weight is 475 g/mol. The van der Waals surface area contributed by atoms with Gasteiger partial charge in [-0.15, -0.1) is 0 Å². The number of aryl methyl sites for hydroxylation is 1. The number of hydrogen-bond donors (Lipinski definition) is 2. The first-order chi connectivity index (χ1) is 17.0. The van der Waals surface area contributed by atoms with Crippen LogP contribution in [0.2, 0.25) is 0 Å². The molecule has 9 heteroatoms. The summed E-state index contributed by atoms with van der Waals surface area (Å²) in [7, 11) is 3.48. The first-order valence-electron chi connectivity index (χ1n) is 11.0. The molecule has 7 nitrogen and oxygen atoms in total. The minimum absolute atomic E-state index is 0.0581. The van der Waals surface area contributed by atoms with E-state index in [0.717, 1.165) is 39.4 Å². The lowest BCUT2D eigenvalue weighted by atomic mass is 10.0. The summed E-state index contributed by atoms with van der Waals surface area (Å²) in [5, 5.41) is 4.29. The van der Waals surface area contributed by atoms with Gasteiger partial charge in [0.2, 0.25) is 5.88 Å². The molecule has 0 atom stereocenters. The molecule has 2 aromatic carbocycles. The van der Waals surface area contributed by atoms with Gasteiger partial charge in [-0.1, -0.05) is 6.07 Å². The van der Waals surface area contributed by atoms with Crippen LogP contribution in [0.4, 0.5) is 8.78 Å². The van der Waals surface area contributed by atoms with Crippen molar-refractivity contribution in [3.63, 3.8) is 0 Å². The molecular formula is C26H23F2N5O2. The number of pyridine rings is 1. The van der Waals surface area contributed by atoms with Gasteiger partial charge < -0.3 is 24.3 Å². The highest BCUT2D eigenvalue weighted by atomic mass is 19.1. The molecule has 0 radical (unpaired) electrons. The van der Waals surface area contributed by atoms with Gasteiger partial charge in [0.15, 0.2) is 11.6 Å². The predicted molar refractivity (Wildman–Crippen MR) is 128 cm³/mol. The van der Waals surface area contributed by atoms with Crippen LogP contribution in [0.3, 0.4) is 0 Å². The zero-order valence-corrected chi connectivity index (χ0v) is 19.2. The van der Waals surface area contributed by atoms with Crippen molar-refractivity contribution < 1.29 is 18.3 Å². The zero-order valence-electron chi connectivity index (χ0n) is 19.2. The fraction of sp³-hybridized carbons (Fsp3) is 0.154. The molecule has 0 aliphatic rings. The van der Waals surface area contributed by atoms with Gasteiger partial charge in [-0.2, -0.15) is 0 Å². The van der Waals surface area contributed by atoms with Crippen molar-refractivity contribution in [3.05, 3.63) is 90.3 Å². The minimum atomic E-state index is -0.773. The lowest BCUT2D eigenvalue weighted by Gasteiger charge is -2.14. The zero-order chi connectivity index (χ0) is 24.4. The molecule has 178 valence electrons. The molecular weight excluding hydrogens is 452 g/mol. The van der Waals surface area contributed by atoms with E-state index in [9.17, 15) is 8.78 Å². The van der Waals surface area contributed by atoms with Crippen molar-refractivity contribution in [2.24, 2.45) is 7.05 Å². The van der Waals surface area contributed by atoms with E-state index in [1.807, 2.05) is 36.0 Å². The van der Waals surface area contributed by atoms with Crippen LogP contribution >= 0.6 is 0 Å². The lowest BCUT2D eigenvalue weighted by molar-refractivity contribution is 0.401. The summed E-state index contributed by atoms with van der Waals surface area (Å²) in [6.45, 7) is 1.22. The van der Waals surface area contributed by atoms with Crippen LogP contribution in [0, 0.1) is 11.6 Å².